The third kappa shape index (κ3) is 3.94. The molecule has 114 valence electrons. The van der Waals surface area contributed by atoms with Crippen molar-refractivity contribution in [1.29, 1.82) is 0 Å². The number of thiazole rings is 1. The maximum atomic E-state index is 12.4. The van der Waals surface area contributed by atoms with E-state index in [4.69, 9.17) is 4.74 Å². The minimum Gasteiger partial charge on any atom is -0.495 e. The highest BCUT2D eigenvalue weighted by atomic mass is 32.1. The second-order valence-electron chi connectivity index (χ2n) is 3.95. The lowest BCUT2D eigenvalue weighted by Crippen LogP contribution is -2.25. The highest BCUT2D eigenvalue weighted by Crippen LogP contribution is 2.30. The first-order valence-electron chi connectivity index (χ1n) is 5.83. The number of rotatable bonds is 5. The van der Waals surface area contributed by atoms with E-state index in [1.54, 1.807) is 11.4 Å². The Labute approximate surface area is 126 Å². The first-order valence-corrected chi connectivity index (χ1v) is 7.59. The van der Waals surface area contributed by atoms with Crippen LogP contribution >= 0.6 is 22.7 Å². The van der Waals surface area contributed by atoms with Gasteiger partial charge >= 0.3 is 6.18 Å². The van der Waals surface area contributed by atoms with E-state index in [2.05, 4.69) is 10.3 Å². The number of carbonyl (C=O) groups is 1. The SMILES string of the molecule is COc1ccsc1C(=O)NCCc1nc(C(F)(F)F)cs1. The lowest BCUT2D eigenvalue weighted by atomic mass is 10.3. The zero-order chi connectivity index (χ0) is 15.5. The number of methoxy groups -OCH3 is 1. The number of hydrogen-bond donors (Lipinski definition) is 1. The number of aromatic nitrogens is 1. The van der Waals surface area contributed by atoms with E-state index < -0.39 is 11.9 Å². The van der Waals surface area contributed by atoms with Gasteiger partial charge in [0.25, 0.3) is 5.91 Å². The van der Waals surface area contributed by atoms with Gasteiger partial charge < -0.3 is 10.1 Å². The molecule has 0 saturated carbocycles. The molecule has 2 aromatic heterocycles. The van der Waals surface area contributed by atoms with Crippen LogP contribution in [0.5, 0.6) is 5.75 Å². The van der Waals surface area contributed by atoms with Crippen molar-refractivity contribution in [3.05, 3.63) is 32.4 Å². The summed E-state index contributed by atoms with van der Waals surface area (Å²) in [5.74, 6) is 0.167. The lowest BCUT2D eigenvalue weighted by Gasteiger charge is -2.04. The van der Waals surface area contributed by atoms with E-state index in [0.717, 1.165) is 16.7 Å². The molecule has 9 heteroatoms. The van der Waals surface area contributed by atoms with Crippen LogP contribution in [0.2, 0.25) is 0 Å². The largest absolute Gasteiger partial charge is 0.495 e. The average Bonchev–Trinajstić information content (AvgIpc) is 3.06. The quantitative estimate of drug-likeness (QED) is 0.912. The molecule has 1 amide bonds. The molecule has 0 atom stereocenters. The summed E-state index contributed by atoms with van der Waals surface area (Å²) in [5.41, 5.74) is -0.895. The van der Waals surface area contributed by atoms with Crippen molar-refractivity contribution in [2.24, 2.45) is 0 Å². The molecule has 0 fully saturated rings. The molecule has 4 nitrogen and oxygen atoms in total. The minimum absolute atomic E-state index is 0.213. The van der Waals surface area contributed by atoms with Gasteiger partial charge in [-0.2, -0.15) is 13.2 Å². The summed E-state index contributed by atoms with van der Waals surface area (Å²) in [6, 6.07) is 1.68. The Morgan fingerprint density at radius 3 is 2.81 bits per heavy atom. The van der Waals surface area contributed by atoms with E-state index in [9.17, 15) is 18.0 Å². The molecule has 0 bridgehead atoms. The van der Waals surface area contributed by atoms with Gasteiger partial charge in [-0.15, -0.1) is 22.7 Å². The summed E-state index contributed by atoms with van der Waals surface area (Å²) in [6.07, 6.45) is -4.18. The molecular weight excluding hydrogens is 325 g/mol. The Hall–Kier alpha value is -1.61. The van der Waals surface area contributed by atoms with Crippen LogP contribution in [0.4, 0.5) is 13.2 Å². The summed E-state index contributed by atoms with van der Waals surface area (Å²) in [5, 5.41) is 5.67. The number of thiophene rings is 1. The number of ether oxygens (including phenoxy) is 1. The summed E-state index contributed by atoms with van der Waals surface area (Å²) < 4.78 is 42.2. The Bertz CT molecular complexity index is 622. The summed E-state index contributed by atoms with van der Waals surface area (Å²) in [6.45, 7) is 0.213. The molecule has 0 radical (unpaired) electrons. The van der Waals surface area contributed by atoms with Gasteiger partial charge in [-0.3, -0.25) is 4.79 Å². The van der Waals surface area contributed by atoms with Crippen LogP contribution in [-0.2, 0) is 12.6 Å². The number of amides is 1. The minimum atomic E-state index is -4.43. The predicted octanol–water partition coefficient (Wildman–Crippen LogP) is 3.20. The highest BCUT2D eigenvalue weighted by Gasteiger charge is 2.33. The number of nitrogens with one attached hydrogen (secondary N) is 1. The second kappa shape index (κ2) is 6.44. The predicted molar refractivity (Wildman–Crippen MR) is 74.0 cm³/mol. The fourth-order valence-corrected chi connectivity index (χ4v) is 3.12. The van der Waals surface area contributed by atoms with Crippen LogP contribution in [0.1, 0.15) is 20.4 Å². The van der Waals surface area contributed by atoms with E-state index in [0.29, 0.717) is 15.6 Å². The molecule has 0 saturated heterocycles. The first-order chi connectivity index (χ1) is 9.91. The molecule has 1 N–H and O–H groups in total. The average molecular weight is 336 g/mol. The molecule has 0 unspecified atom stereocenters. The van der Waals surface area contributed by atoms with Crippen molar-refractivity contribution in [1.82, 2.24) is 10.3 Å². The van der Waals surface area contributed by atoms with Crippen LogP contribution in [0.25, 0.3) is 0 Å². The zero-order valence-electron chi connectivity index (χ0n) is 10.9. The maximum Gasteiger partial charge on any atom is 0.434 e. The summed E-state index contributed by atoms with van der Waals surface area (Å²) in [4.78, 5) is 15.8. The van der Waals surface area contributed by atoms with Gasteiger partial charge in [-0.25, -0.2) is 4.98 Å². The molecule has 2 heterocycles. The van der Waals surface area contributed by atoms with Crippen LogP contribution in [0, 0.1) is 0 Å². The van der Waals surface area contributed by atoms with Gasteiger partial charge in [0.2, 0.25) is 0 Å². The van der Waals surface area contributed by atoms with Gasteiger partial charge in [-0.1, -0.05) is 0 Å². The van der Waals surface area contributed by atoms with Crippen LogP contribution in [-0.4, -0.2) is 24.5 Å². The van der Waals surface area contributed by atoms with Gasteiger partial charge in [0.05, 0.1) is 12.1 Å². The van der Waals surface area contributed by atoms with Crippen molar-refractivity contribution < 1.29 is 22.7 Å². The summed E-state index contributed by atoms with van der Waals surface area (Å²) in [7, 11) is 1.47. The molecule has 0 aromatic carbocycles. The molecule has 2 aromatic rings. The smallest absolute Gasteiger partial charge is 0.434 e. The lowest BCUT2D eigenvalue weighted by molar-refractivity contribution is -0.140. The third-order valence-corrected chi connectivity index (χ3v) is 4.32. The molecule has 0 aliphatic heterocycles. The fraction of sp³-hybridized carbons (Fsp3) is 0.333. The highest BCUT2D eigenvalue weighted by molar-refractivity contribution is 7.12. The molecule has 2 rings (SSSR count). The number of nitrogens with zero attached hydrogens (tertiary/aromatic N) is 1. The van der Waals surface area contributed by atoms with Crippen molar-refractivity contribution in [2.75, 3.05) is 13.7 Å². The normalized spacial score (nSPS) is 11.4. The van der Waals surface area contributed by atoms with Crippen LogP contribution < -0.4 is 10.1 Å². The van der Waals surface area contributed by atoms with Crippen molar-refractivity contribution in [3.63, 3.8) is 0 Å². The van der Waals surface area contributed by atoms with Crippen molar-refractivity contribution >= 4 is 28.6 Å². The molecular formula is C12H11F3N2O2S2. The Morgan fingerprint density at radius 2 is 2.19 bits per heavy atom. The van der Waals surface area contributed by atoms with Crippen LogP contribution in [0.15, 0.2) is 16.8 Å². The Balaban J connectivity index is 1.87. The molecule has 0 spiro atoms. The van der Waals surface area contributed by atoms with E-state index in [1.165, 1.54) is 18.4 Å². The maximum absolute atomic E-state index is 12.4. The van der Waals surface area contributed by atoms with Gasteiger partial charge in [0.1, 0.15) is 10.6 Å². The number of hydrogen-bond acceptors (Lipinski definition) is 5. The second-order valence-corrected chi connectivity index (χ2v) is 5.81. The molecule has 21 heavy (non-hydrogen) atoms. The first kappa shape index (κ1) is 15.8. The van der Waals surface area contributed by atoms with Crippen molar-refractivity contribution in [2.45, 2.75) is 12.6 Å². The van der Waals surface area contributed by atoms with E-state index in [1.807, 2.05) is 0 Å². The Morgan fingerprint density at radius 1 is 1.43 bits per heavy atom. The Kier molecular flexibility index (Phi) is 4.84. The standard InChI is InChI=1S/C12H11F3N2O2S2/c1-19-7-3-5-20-10(7)11(18)16-4-2-9-17-8(6-21-9)12(13,14)15/h3,5-6H,2,4H2,1H3,(H,16,18). The number of alkyl halides is 3. The molecule has 0 aliphatic carbocycles. The van der Waals surface area contributed by atoms with Gasteiger partial charge in [0.15, 0.2) is 5.69 Å². The zero-order valence-corrected chi connectivity index (χ0v) is 12.5. The van der Waals surface area contributed by atoms with Gasteiger partial charge in [-0.05, 0) is 11.4 Å². The molecule has 0 aliphatic rings. The summed E-state index contributed by atoms with van der Waals surface area (Å²) >= 11 is 2.17. The number of halogens is 3. The topological polar surface area (TPSA) is 51.2 Å². The van der Waals surface area contributed by atoms with Gasteiger partial charge in [0, 0.05) is 18.3 Å². The van der Waals surface area contributed by atoms with Crippen LogP contribution in [0.3, 0.4) is 0 Å². The number of carbonyl (C=O) groups excluding carboxylic acids is 1. The van der Waals surface area contributed by atoms with E-state index in [-0.39, 0.29) is 18.9 Å². The monoisotopic (exact) mass is 336 g/mol. The van der Waals surface area contributed by atoms with Crippen molar-refractivity contribution in [3.8, 4) is 5.75 Å². The third-order valence-electron chi connectivity index (χ3n) is 2.52. The van der Waals surface area contributed by atoms with E-state index >= 15 is 0 Å². The fourth-order valence-electron chi connectivity index (χ4n) is 1.54.